The van der Waals surface area contributed by atoms with Gasteiger partial charge in [0.2, 0.25) is 11.8 Å². The molecule has 0 radical (unpaired) electrons. The van der Waals surface area contributed by atoms with Crippen LogP contribution in [0.25, 0.3) is 0 Å². The Balaban J connectivity index is 1.71. The zero-order chi connectivity index (χ0) is 17.1. The van der Waals surface area contributed by atoms with Gasteiger partial charge in [0.25, 0.3) is 0 Å². The Bertz CT molecular complexity index is 616. The lowest BCUT2D eigenvalue weighted by molar-refractivity contribution is -0.137. The van der Waals surface area contributed by atoms with Crippen LogP contribution in [0.15, 0.2) is 24.3 Å². The van der Waals surface area contributed by atoms with Crippen LogP contribution in [0.5, 0.6) is 0 Å². The SMILES string of the molecule is CCc1ccccc1N1CC(C(=O)N2CCCC(NC)C2)CC1=O. The first-order valence-electron chi connectivity index (χ1n) is 8.98. The van der Waals surface area contributed by atoms with E-state index in [0.29, 0.717) is 19.0 Å². The minimum absolute atomic E-state index is 0.0661. The van der Waals surface area contributed by atoms with Crippen molar-refractivity contribution in [3.8, 4) is 0 Å². The van der Waals surface area contributed by atoms with Crippen molar-refractivity contribution < 1.29 is 9.59 Å². The molecule has 0 aromatic heterocycles. The summed E-state index contributed by atoms with van der Waals surface area (Å²) < 4.78 is 0. The van der Waals surface area contributed by atoms with Gasteiger partial charge in [-0.3, -0.25) is 9.59 Å². The van der Waals surface area contributed by atoms with Gasteiger partial charge in [0.05, 0.1) is 5.92 Å². The van der Waals surface area contributed by atoms with Gasteiger partial charge in [0.15, 0.2) is 0 Å². The number of likely N-dealkylation sites (tertiary alicyclic amines) is 1. The third-order valence-electron chi connectivity index (χ3n) is 5.28. The van der Waals surface area contributed by atoms with E-state index in [9.17, 15) is 9.59 Å². The lowest BCUT2D eigenvalue weighted by Gasteiger charge is -2.34. The van der Waals surface area contributed by atoms with Gasteiger partial charge in [-0.2, -0.15) is 0 Å². The summed E-state index contributed by atoms with van der Waals surface area (Å²) in [5.74, 6) is -0.00535. The molecule has 130 valence electrons. The smallest absolute Gasteiger partial charge is 0.228 e. The van der Waals surface area contributed by atoms with E-state index in [4.69, 9.17) is 0 Å². The number of rotatable bonds is 4. The number of hydrogen-bond acceptors (Lipinski definition) is 3. The molecule has 2 fully saturated rings. The van der Waals surface area contributed by atoms with Crippen molar-refractivity contribution in [3.63, 3.8) is 0 Å². The quantitative estimate of drug-likeness (QED) is 0.917. The Labute approximate surface area is 144 Å². The summed E-state index contributed by atoms with van der Waals surface area (Å²) >= 11 is 0. The minimum Gasteiger partial charge on any atom is -0.341 e. The van der Waals surface area contributed by atoms with Crippen molar-refractivity contribution in [1.29, 1.82) is 0 Å². The fourth-order valence-electron chi connectivity index (χ4n) is 3.85. The van der Waals surface area contributed by atoms with Gasteiger partial charge in [0.1, 0.15) is 0 Å². The third kappa shape index (κ3) is 3.31. The Hall–Kier alpha value is -1.88. The number of carbonyl (C=O) groups excluding carboxylic acids is 2. The minimum atomic E-state index is -0.210. The fraction of sp³-hybridized carbons (Fsp3) is 0.579. The Morgan fingerprint density at radius 1 is 1.29 bits per heavy atom. The molecule has 1 aromatic carbocycles. The van der Waals surface area contributed by atoms with Crippen molar-refractivity contribution >= 4 is 17.5 Å². The van der Waals surface area contributed by atoms with Crippen LogP contribution in [-0.4, -0.2) is 49.4 Å². The Kier molecular flexibility index (Phi) is 5.19. The molecule has 0 saturated carbocycles. The highest BCUT2D eigenvalue weighted by Crippen LogP contribution is 2.29. The summed E-state index contributed by atoms with van der Waals surface area (Å²) in [6.07, 6.45) is 3.35. The highest BCUT2D eigenvalue weighted by atomic mass is 16.2. The maximum absolute atomic E-state index is 12.9. The van der Waals surface area contributed by atoms with E-state index in [-0.39, 0.29) is 17.7 Å². The van der Waals surface area contributed by atoms with Gasteiger partial charge in [-0.25, -0.2) is 0 Å². The molecule has 2 saturated heterocycles. The standard InChI is InChI=1S/C19H27N3O2/c1-3-14-7-4-5-9-17(14)22-12-15(11-18(22)23)19(24)21-10-6-8-16(13-21)20-2/h4-5,7,9,15-16,20H,3,6,8,10-13H2,1-2H3. The number of amides is 2. The van der Waals surface area contributed by atoms with Gasteiger partial charge in [-0.05, 0) is 37.9 Å². The molecule has 0 spiro atoms. The van der Waals surface area contributed by atoms with Crippen LogP contribution in [0.4, 0.5) is 5.69 Å². The molecule has 2 aliphatic heterocycles. The average molecular weight is 329 g/mol. The van der Waals surface area contributed by atoms with Crippen LogP contribution in [-0.2, 0) is 16.0 Å². The second-order valence-electron chi connectivity index (χ2n) is 6.80. The van der Waals surface area contributed by atoms with Crippen LogP contribution in [0, 0.1) is 5.92 Å². The number of benzene rings is 1. The summed E-state index contributed by atoms with van der Waals surface area (Å²) in [4.78, 5) is 29.1. The molecule has 2 atom stereocenters. The molecule has 5 nitrogen and oxygen atoms in total. The largest absolute Gasteiger partial charge is 0.341 e. The number of hydrogen-bond donors (Lipinski definition) is 1. The average Bonchev–Trinajstić information content (AvgIpc) is 3.02. The monoisotopic (exact) mass is 329 g/mol. The molecular weight excluding hydrogens is 302 g/mol. The number of anilines is 1. The van der Waals surface area contributed by atoms with Crippen LogP contribution < -0.4 is 10.2 Å². The Morgan fingerprint density at radius 3 is 2.83 bits per heavy atom. The predicted octanol–water partition coefficient (Wildman–Crippen LogP) is 1.81. The second kappa shape index (κ2) is 7.34. The summed E-state index contributed by atoms with van der Waals surface area (Å²) in [5, 5.41) is 3.27. The number of nitrogens with one attached hydrogen (secondary N) is 1. The van der Waals surface area contributed by atoms with E-state index in [2.05, 4.69) is 18.3 Å². The topological polar surface area (TPSA) is 52.7 Å². The molecule has 2 unspecified atom stereocenters. The maximum atomic E-state index is 12.9. The predicted molar refractivity (Wildman–Crippen MR) is 94.9 cm³/mol. The summed E-state index contributed by atoms with van der Waals surface area (Å²) in [5.41, 5.74) is 2.12. The number of nitrogens with zero attached hydrogens (tertiary/aromatic N) is 2. The number of piperidine rings is 1. The van der Waals surface area contributed by atoms with E-state index >= 15 is 0 Å². The van der Waals surface area contributed by atoms with Crippen LogP contribution in [0.3, 0.4) is 0 Å². The molecule has 2 heterocycles. The molecule has 2 aliphatic rings. The van der Waals surface area contributed by atoms with Gasteiger partial charge in [-0.15, -0.1) is 0 Å². The highest BCUT2D eigenvalue weighted by molar-refractivity contribution is 6.00. The normalized spacial score (nSPS) is 24.5. The number of carbonyl (C=O) groups is 2. The molecule has 0 bridgehead atoms. The Morgan fingerprint density at radius 2 is 2.08 bits per heavy atom. The number of aryl methyl sites for hydroxylation is 1. The zero-order valence-corrected chi connectivity index (χ0v) is 14.6. The summed E-state index contributed by atoms with van der Waals surface area (Å²) in [6, 6.07) is 8.37. The van der Waals surface area contributed by atoms with E-state index in [1.165, 1.54) is 0 Å². The third-order valence-corrected chi connectivity index (χ3v) is 5.28. The lowest BCUT2D eigenvalue weighted by Crippen LogP contribution is -2.49. The van der Waals surface area contributed by atoms with Crippen LogP contribution in [0.1, 0.15) is 31.7 Å². The first-order valence-corrected chi connectivity index (χ1v) is 8.98. The molecule has 1 aromatic rings. The summed E-state index contributed by atoms with van der Waals surface area (Å²) in [7, 11) is 1.95. The van der Waals surface area contributed by atoms with E-state index < -0.39 is 0 Å². The highest BCUT2D eigenvalue weighted by Gasteiger charge is 2.38. The second-order valence-corrected chi connectivity index (χ2v) is 6.80. The molecule has 2 amide bonds. The maximum Gasteiger partial charge on any atom is 0.228 e. The lowest BCUT2D eigenvalue weighted by atomic mass is 10.0. The van der Waals surface area contributed by atoms with Crippen LogP contribution >= 0.6 is 0 Å². The zero-order valence-electron chi connectivity index (χ0n) is 14.6. The molecule has 3 rings (SSSR count). The van der Waals surface area contributed by atoms with E-state index in [0.717, 1.165) is 43.6 Å². The molecule has 0 aliphatic carbocycles. The van der Waals surface area contributed by atoms with Crippen molar-refractivity contribution in [2.75, 3.05) is 31.6 Å². The van der Waals surface area contributed by atoms with Gasteiger partial charge in [-0.1, -0.05) is 25.1 Å². The first-order chi connectivity index (χ1) is 11.6. The van der Waals surface area contributed by atoms with Crippen molar-refractivity contribution in [1.82, 2.24) is 10.2 Å². The molecule has 5 heteroatoms. The first kappa shape index (κ1) is 17.0. The van der Waals surface area contributed by atoms with Crippen molar-refractivity contribution in [2.45, 2.75) is 38.6 Å². The summed E-state index contributed by atoms with van der Waals surface area (Å²) in [6.45, 7) is 4.17. The molecular formula is C19H27N3O2. The number of para-hydroxylation sites is 1. The molecule has 1 N–H and O–H groups in total. The van der Waals surface area contributed by atoms with Gasteiger partial charge in [0, 0.05) is 37.8 Å². The molecule has 24 heavy (non-hydrogen) atoms. The number of likely N-dealkylation sites (N-methyl/N-ethyl adjacent to an activating group) is 1. The van der Waals surface area contributed by atoms with Crippen molar-refractivity contribution in [2.24, 2.45) is 5.92 Å². The fourth-order valence-corrected chi connectivity index (χ4v) is 3.85. The van der Waals surface area contributed by atoms with Gasteiger partial charge >= 0.3 is 0 Å². The van der Waals surface area contributed by atoms with E-state index in [1.54, 1.807) is 4.90 Å². The van der Waals surface area contributed by atoms with Crippen LogP contribution in [0.2, 0.25) is 0 Å². The van der Waals surface area contributed by atoms with Gasteiger partial charge < -0.3 is 15.1 Å². The van der Waals surface area contributed by atoms with Crippen molar-refractivity contribution in [3.05, 3.63) is 29.8 Å². The van der Waals surface area contributed by atoms with E-state index in [1.807, 2.05) is 30.1 Å².